The van der Waals surface area contributed by atoms with Crippen molar-refractivity contribution in [1.82, 2.24) is 5.32 Å². The highest BCUT2D eigenvalue weighted by Gasteiger charge is 2.29. The van der Waals surface area contributed by atoms with Gasteiger partial charge in [-0.1, -0.05) is 19.9 Å². The van der Waals surface area contributed by atoms with Crippen LogP contribution in [0.3, 0.4) is 0 Å². The lowest BCUT2D eigenvalue weighted by atomic mass is 9.78. The van der Waals surface area contributed by atoms with E-state index in [9.17, 15) is 14.6 Å². The van der Waals surface area contributed by atoms with E-state index in [-0.39, 0.29) is 5.92 Å². The minimum atomic E-state index is -1.05. The molecular formula is C14H18BNO5. The minimum Gasteiger partial charge on any atom is -0.480 e. The Morgan fingerprint density at radius 1 is 1.43 bits per heavy atom. The van der Waals surface area contributed by atoms with Crippen molar-refractivity contribution in [2.24, 2.45) is 5.92 Å². The molecule has 1 aromatic carbocycles. The molecule has 2 rings (SSSR count). The highest BCUT2D eigenvalue weighted by atomic mass is 16.5. The Kier molecular flexibility index (Phi) is 4.64. The maximum Gasteiger partial charge on any atom is 0.491 e. The van der Waals surface area contributed by atoms with Crippen LogP contribution in [0.4, 0.5) is 0 Å². The van der Waals surface area contributed by atoms with Crippen molar-refractivity contribution in [2.45, 2.75) is 32.9 Å². The van der Waals surface area contributed by atoms with Crippen molar-refractivity contribution in [3.63, 3.8) is 0 Å². The van der Waals surface area contributed by atoms with Crippen LogP contribution in [-0.2, 0) is 16.1 Å². The predicted molar refractivity (Wildman–Crippen MR) is 77.2 cm³/mol. The Bertz CT molecular complexity index is 560. The smallest absolute Gasteiger partial charge is 0.480 e. The molecule has 0 bridgehead atoms. The van der Waals surface area contributed by atoms with Gasteiger partial charge in [-0.05, 0) is 35.5 Å². The second-order valence-corrected chi connectivity index (χ2v) is 5.57. The van der Waals surface area contributed by atoms with Gasteiger partial charge < -0.3 is 20.1 Å². The van der Waals surface area contributed by atoms with Gasteiger partial charge in [-0.15, -0.1) is 0 Å². The number of benzene rings is 1. The van der Waals surface area contributed by atoms with Gasteiger partial charge in [0.1, 0.15) is 6.04 Å². The molecule has 1 aliphatic heterocycles. The van der Waals surface area contributed by atoms with E-state index in [1.807, 2.05) is 13.8 Å². The van der Waals surface area contributed by atoms with E-state index in [0.29, 0.717) is 24.1 Å². The molecule has 1 aliphatic rings. The number of rotatable bonds is 5. The third-order valence-corrected chi connectivity index (χ3v) is 3.38. The third-order valence-electron chi connectivity index (χ3n) is 3.38. The fourth-order valence-corrected chi connectivity index (χ4v) is 2.29. The van der Waals surface area contributed by atoms with Gasteiger partial charge in [-0.2, -0.15) is 0 Å². The number of carbonyl (C=O) groups excluding carboxylic acids is 1. The zero-order valence-electron chi connectivity index (χ0n) is 12.0. The molecule has 1 amide bonds. The molecule has 1 atom stereocenters. The molecule has 21 heavy (non-hydrogen) atoms. The number of hydrogen-bond donors (Lipinski definition) is 3. The van der Waals surface area contributed by atoms with Gasteiger partial charge in [0.25, 0.3) is 5.91 Å². The molecule has 0 saturated carbocycles. The van der Waals surface area contributed by atoms with E-state index in [4.69, 9.17) is 9.76 Å². The van der Waals surface area contributed by atoms with Gasteiger partial charge in [0.2, 0.25) is 0 Å². The summed E-state index contributed by atoms with van der Waals surface area (Å²) in [5.74, 6) is -1.37. The van der Waals surface area contributed by atoms with Crippen molar-refractivity contribution in [3.05, 3.63) is 29.3 Å². The van der Waals surface area contributed by atoms with Gasteiger partial charge in [0.15, 0.2) is 0 Å². The average Bonchev–Trinajstić information content (AvgIpc) is 2.78. The standard InChI is InChI=1S/C14H18BNO5/c1-8(2)5-12(14(18)19)16-13(17)9-3-4-10-7-21-15(20)11(10)6-9/h3-4,6,8,12,20H,5,7H2,1-2H3,(H,16,17)(H,18,19)/t12-/m0/s1. The number of carboxylic acids is 1. The molecule has 3 N–H and O–H groups in total. The lowest BCUT2D eigenvalue weighted by molar-refractivity contribution is -0.139. The van der Waals surface area contributed by atoms with Gasteiger partial charge in [-0.25, -0.2) is 4.79 Å². The molecular weight excluding hydrogens is 273 g/mol. The van der Waals surface area contributed by atoms with E-state index in [2.05, 4.69) is 5.32 Å². The molecule has 1 aromatic rings. The fourth-order valence-electron chi connectivity index (χ4n) is 2.29. The predicted octanol–water partition coefficient (Wildman–Crippen LogP) is 0.133. The molecule has 0 unspecified atom stereocenters. The quantitative estimate of drug-likeness (QED) is 0.670. The summed E-state index contributed by atoms with van der Waals surface area (Å²) in [7, 11) is -1.03. The molecule has 1 heterocycles. The first-order valence-electron chi connectivity index (χ1n) is 6.84. The number of carbonyl (C=O) groups is 2. The summed E-state index contributed by atoms with van der Waals surface area (Å²) in [6.07, 6.45) is 0.359. The maximum absolute atomic E-state index is 12.2. The minimum absolute atomic E-state index is 0.154. The van der Waals surface area contributed by atoms with Crippen molar-refractivity contribution in [1.29, 1.82) is 0 Å². The SMILES string of the molecule is CC(C)C[C@H](NC(=O)c1ccc2c(c1)B(O)OC2)C(=O)O. The second kappa shape index (κ2) is 6.28. The molecule has 0 fully saturated rings. The lowest BCUT2D eigenvalue weighted by Crippen LogP contribution is -2.42. The molecule has 6 nitrogen and oxygen atoms in total. The lowest BCUT2D eigenvalue weighted by Gasteiger charge is -2.16. The Morgan fingerprint density at radius 2 is 2.14 bits per heavy atom. The molecule has 7 heteroatoms. The van der Waals surface area contributed by atoms with Crippen molar-refractivity contribution < 1.29 is 24.4 Å². The van der Waals surface area contributed by atoms with Gasteiger partial charge >= 0.3 is 13.1 Å². The zero-order valence-corrected chi connectivity index (χ0v) is 12.0. The molecule has 112 valence electrons. The number of amides is 1. The first kappa shape index (κ1) is 15.5. The van der Waals surface area contributed by atoms with Gasteiger partial charge in [0, 0.05) is 5.56 Å². The van der Waals surface area contributed by atoms with Crippen LogP contribution in [0.25, 0.3) is 0 Å². The van der Waals surface area contributed by atoms with Crippen molar-refractivity contribution >= 4 is 24.5 Å². The number of carboxylic acid groups (broad SMARTS) is 1. The highest BCUT2D eigenvalue weighted by molar-refractivity contribution is 6.61. The van der Waals surface area contributed by atoms with E-state index in [1.54, 1.807) is 12.1 Å². The summed E-state index contributed by atoms with van der Waals surface area (Å²) >= 11 is 0. The van der Waals surface area contributed by atoms with Crippen LogP contribution in [0.5, 0.6) is 0 Å². The van der Waals surface area contributed by atoms with Crippen LogP contribution in [0, 0.1) is 5.92 Å². The van der Waals surface area contributed by atoms with Crippen molar-refractivity contribution in [2.75, 3.05) is 0 Å². The summed E-state index contributed by atoms with van der Waals surface area (Å²) < 4.78 is 5.06. The Labute approximate surface area is 123 Å². The van der Waals surface area contributed by atoms with E-state index in [1.165, 1.54) is 6.07 Å². The van der Waals surface area contributed by atoms with Crippen LogP contribution in [-0.4, -0.2) is 35.2 Å². The Hall–Kier alpha value is -1.86. The van der Waals surface area contributed by atoms with Gasteiger partial charge in [-0.3, -0.25) is 4.79 Å². The summed E-state index contributed by atoms with van der Waals surface area (Å²) in [5.41, 5.74) is 1.70. The Balaban J connectivity index is 2.13. The summed E-state index contributed by atoms with van der Waals surface area (Å²) in [4.78, 5) is 23.3. The normalized spacial score (nSPS) is 15.0. The Morgan fingerprint density at radius 3 is 2.76 bits per heavy atom. The first-order chi connectivity index (χ1) is 9.88. The maximum atomic E-state index is 12.2. The van der Waals surface area contributed by atoms with Crippen LogP contribution in [0.2, 0.25) is 0 Å². The topological polar surface area (TPSA) is 95.9 Å². The molecule has 0 spiro atoms. The molecule has 0 radical (unpaired) electrons. The summed E-state index contributed by atoms with van der Waals surface area (Å²) in [5, 5.41) is 21.3. The van der Waals surface area contributed by atoms with E-state index >= 15 is 0 Å². The summed E-state index contributed by atoms with van der Waals surface area (Å²) in [6, 6.07) is 3.92. The van der Waals surface area contributed by atoms with Crippen LogP contribution >= 0.6 is 0 Å². The van der Waals surface area contributed by atoms with E-state index in [0.717, 1.165) is 5.56 Å². The van der Waals surface area contributed by atoms with Crippen LogP contribution in [0.15, 0.2) is 18.2 Å². The monoisotopic (exact) mass is 291 g/mol. The molecule has 0 aliphatic carbocycles. The molecule has 0 saturated heterocycles. The molecule has 0 aromatic heterocycles. The number of hydrogen-bond acceptors (Lipinski definition) is 4. The average molecular weight is 291 g/mol. The number of nitrogens with one attached hydrogen (secondary N) is 1. The summed E-state index contributed by atoms with van der Waals surface area (Å²) in [6.45, 7) is 4.10. The highest BCUT2D eigenvalue weighted by Crippen LogP contribution is 2.12. The first-order valence-corrected chi connectivity index (χ1v) is 6.84. The second-order valence-electron chi connectivity index (χ2n) is 5.57. The largest absolute Gasteiger partial charge is 0.491 e. The number of fused-ring (bicyclic) bond motifs is 1. The van der Waals surface area contributed by atoms with Crippen molar-refractivity contribution in [3.8, 4) is 0 Å². The number of aliphatic carboxylic acids is 1. The fraction of sp³-hybridized carbons (Fsp3) is 0.429. The van der Waals surface area contributed by atoms with Crippen LogP contribution < -0.4 is 10.8 Å². The third kappa shape index (κ3) is 3.62. The van der Waals surface area contributed by atoms with E-state index < -0.39 is 25.0 Å². The zero-order chi connectivity index (χ0) is 15.6. The van der Waals surface area contributed by atoms with Gasteiger partial charge in [0.05, 0.1) is 6.61 Å². The van der Waals surface area contributed by atoms with Crippen LogP contribution in [0.1, 0.15) is 36.2 Å².